The first kappa shape index (κ1) is 9.79. The normalized spacial score (nSPS) is 11.3. The van der Waals surface area contributed by atoms with E-state index in [1.54, 1.807) is 34.4 Å². The minimum absolute atomic E-state index is 0.809. The predicted molar refractivity (Wildman–Crippen MR) is 65.1 cm³/mol. The van der Waals surface area contributed by atoms with E-state index in [9.17, 15) is 0 Å². The molecule has 0 saturated heterocycles. The summed E-state index contributed by atoms with van der Waals surface area (Å²) in [6, 6.07) is 0. The quantitative estimate of drug-likeness (QED) is 0.541. The molecule has 4 heterocycles. The summed E-state index contributed by atoms with van der Waals surface area (Å²) in [5, 5.41) is 16.6. The van der Waals surface area contributed by atoms with Crippen LogP contribution >= 0.6 is 22.7 Å². The third-order valence-electron chi connectivity index (χ3n) is 2.23. The first-order valence-corrected chi connectivity index (χ1v) is 6.51. The van der Waals surface area contributed by atoms with Crippen LogP contribution in [0, 0.1) is 0 Å². The van der Waals surface area contributed by atoms with Gasteiger partial charge in [-0.15, -0.1) is 20.4 Å². The molecule has 0 aliphatic carbocycles. The highest BCUT2D eigenvalue weighted by Crippen LogP contribution is 2.30. The standard InChI is InChI=1S/C8H4N8S2/c1-9-10-2-15(1)7-13-5-6(17-7)14-8(18-5)16-3-11-12-4-16/h1-4H. The number of rotatable bonds is 2. The summed E-state index contributed by atoms with van der Waals surface area (Å²) in [6.45, 7) is 0. The Balaban J connectivity index is 1.82. The molecule has 4 rings (SSSR count). The van der Waals surface area contributed by atoms with Crippen LogP contribution in [0.3, 0.4) is 0 Å². The van der Waals surface area contributed by atoms with Gasteiger partial charge in [0.1, 0.15) is 25.3 Å². The predicted octanol–water partition coefficient (Wildman–Crippen LogP) is 0.914. The molecule has 0 unspecified atom stereocenters. The van der Waals surface area contributed by atoms with Crippen molar-refractivity contribution < 1.29 is 0 Å². The van der Waals surface area contributed by atoms with Crippen LogP contribution < -0.4 is 0 Å². The van der Waals surface area contributed by atoms with Crippen molar-refractivity contribution in [2.24, 2.45) is 0 Å². The molecule has 88 valence electrons. The van der Waals surface area contributed by atoms with Gasteiger partial charge in [0.15, 0.2) is 19.9 Å². The zero-order valence-corrected chi connectivity index (χ0v) is 10.3. The molecule has 0 aliphatic heterocycles. The fourth-order valence-corrected chi connectivity index (χ4v) is 3.36. The van der Waals surface area contributed by atoms with Crippen molar-refractivity contribution in [3.63, 3.8) is 0 Å². The van der Waals surface area contributed by atoms with Crippen LogP contribution in [0.2, 0.25) is 0 Å². The lowest BCUT2D eigenvalue weighted by atomic mass is 10.9. The molecule has 10 heteroatoms. The maximum absolute atomic E-state index is 4.49. The Labute approximate surface area is 108 Å². The van der Waals surface area contributed by atoms with Crippen LogP contribution in [0.15, 0.2) is 25.3 Å². The molecule has 0 aliphatic rings. The van der Waals surface area contributed by atoms with Crippen molar-refractivity contribution >= 4 is 32.3 Å². The molecule has 4 aromatic heterocycles. The smallest absolute Gasteiger partial charge is 0.199 e. The lowest BCUT2D eigenvalue weighted by molar-refractivity contribution is 1.04. The third kappa shape index (κ3) is 1.43. The average molecular weight is 276 g/mol. The molecule has 0 amide bonds. The van der Waals surface area contributed by atoms with Gasteiger partial charge in [0, 0.05) is 0 Å². The Morgan fingerprint density at radius 2 is 1.06 bits per heavy atom. The van der Waals surface area contributed by atoms with Crippen LogP contribution in [0.25, 0.3) is 19.9 Å². The first-order valence-electron chi connectivity index (χ1n) is 4.87. The fraction of sp³-hybridized carbons (Fsp3) is 0. The van der Waals surface area contributed by atoms with Crippen LogP contribution in [-0.4, -0.2) is 39.5 Å². The van der Waals surface area contributed by atoms with E-state index in [4.69, 9.17) is 0 Å². The van der Waals surface area contributed by atoms with Crippen molar-refractivity contribution in [1.82, 2.24) is 39.5 Å². The highest BCUT2D eigenvalue weighted by atomic mass is 32.1. The molecule has 0 spiro atoms. The zero-order valence-electron chi connectivity index (χ0n) is 8.70. The van der Waals surface area contributed by atoms with Gasteiger partial charge in [-0.2, -0.15) is 0 Å². The van der Waals surface area contributed by atoms with E-state index in [2.05, 4.69) is 30.4 Å². The van der Waals surface area contributed by atoms with Crippen molar-refractivity contribution in [1.29, 1.82) is 0 Å². The Kier molecular flexibility index (Phi) is 1.98. The summed E-state index contributed by atoms with van der Waals surface area (Å²) in [4.78, 5) is 10.7. The molecule has 18 heavy (non-hydrogen) atoms. The lowest BCUT2D eigenvalue weighted by Gasteiger charge is -1.92. The fourth-order valence-electron chi connectivity index (χ4n) is 1.44. The van der Waals surface area contributed by atoms with E-state index in [1.165, 1.54) is 22.7 Å². The summed E-state index contributed by atoms with van der Waals surface area (Å²) in [6.07, 6.45) is 6.46. The average Bonchev–Trinajstić information content (AvgIpc) is 3.13. The molecule has 0 bridgehead atoms. The van der Waals surface area contributed by atoms with Gasteiger partial charge in [-0.05, 0) is 0 Å². The number of aromatic nitrogens is 8. The van der Waals surface area contributed by atoms with Crippen LogP contribution in [0.4, 0.5) is 0 Å². The molecule has 0 N–H and O–H groups in total. The Hall–Kier alpha value is -2.20. The van der Waals surface area contributed by atoms with Gasteiger partial charge < -0.3 is 0 Å². The summed E-state index contributed by atoms with van der Waals surface area (Å²) < 4.78 is 3.52. The van der Waals surface area contributed by atoms with E-state index < -0.39 is 0 Å². The van der Waals surface area contributed by atoms with Crippen LogP contribution in [0.1, 0.15) is 0 Å². The first-order chi connectivity index (χ1) is 8.90. The number of nitrogens with zero attached hydrogens (tertiary/aromatic N) is 8. The highest BCUT2D eigenvalue weighted by Gasteiger charge is 2.12. The van der Waals surface area contributed by atoms with E-state index in [-0.39, 0.29) is 0 Å². The zero-order chi connectivity index (χ0) is 11.9. The molecule has 0 radical (unpaired) electrons. The SMILES string of the molecule is c1nncn1-c1nc2sc(-n3cnnc3)nc2s1. The topological polar surface area (TPSA) is 87.2 Å². The van der Waals surface area contributed by atoms with Gasteiger partial charge in [-0.25, -0.2) is 9.97 Å². The molecule has 0 atom stereocenters. The van der Waals surface area contributed by atoms with Crippen molar-refractivity contribution in [3.8, 4) is 10.3 Å². The van der Waals surface area contributed by atoms with E-state index in [1.807, 2.05) is 0 Å². The van der Waals surface area contributed by atoms with E-state index >= 15 is 0 Å². The molecule has 0 aromatic carbocycles. The summed E-state index contributed by atoms with van der Waals surface area (Å²) >= 11 is 2.98. The van der Waals surface area contributed by atoms with Gasteiger partial charge in [-0.3, -0.25) is 9.13 Å². The Morgan fingerprint density at radius 3 is 1.44 bits per heavy atom. The van der Waals surface area contributed by atoms with E-state index in [0.29, 0.717) is 0 Å². The molecule has 4 aromatic rings. The molecule has 0 fully saturated rings. The second kappa shape index (κ2) is 3.65. The number of fused-ring (bicyclic) bond motifs is 1. The third-order valence-corrected chi connectivity index (χ3v) is 4.29. The summed E-state index contributed by atoms with van der Waals surface area (Å²) in [7, 11) is 0. The lowest BCUT2D eigenvalue weighted by Crippen LogP contribution is -1.88. The van der Waals surface area contributed by atoms with Gasteiger partial charge in [0.05, 0.1) is 0 Å². The minimum atomic E-state index is 0.809. The monoisotopic (exact) mass is 276 g/mol. The Bertz CT molecular complexity index is 685. The van der Waals surface area contributed by atoms with Crippen molar-refractivity contribution in [2.75, 3.05) is 0 Å². The van der Waals surface area contributed by atoms with Gasteiger partial charge in [0.25, 0.3) is 0 Å². The van der Waals surface area contributed by atoms with E-state index in [0.717, 1.165) is 19.9 Å². The number of hydrogen-bond donors (Lipinski definition) is 0. The largest absolute Gasteiger partial charge is 0.263 e. The van der Waals surface area contributed by atoms with Gasteiger partial charge in [-0.1, -0.05) is 22.7 Å². The van der Waals surface area contributed by atoms with Gasteiger partial charge in [0.2, 0.25) is 0 Å². The summed E-state index contributed by atoms with van der Waals surface area (Å²) in [5.41, 5.74) is 0. The number of hydrogen-bond acceptors (Lipinski definition) is 8. The maximum Gasteiger partial charge on any atom is 0.199 e. The maximum atomic E-state index is 4.49. The van der Waals surface area contributed by atoms with Crippen LogP contribution in [0.5, 0.6) is 0 Å². The second-order valence-corrected chi connectivity index (χ2v) is 5.25. The highest BCUT2D eigenvalue weighted by molar-refractivity contribution is 7.28. The molecular weight excluding hydrogens is 272 g/mol. The molecule has 8 nitrogen and oxygen atoms in total. The molecular formula is C8H4N8S2. The second-order valence-electron chi connectivity index (χ2n) is 3.34. The minimum Gasteiger partial charge on any atom is -0.263 e. The summed E-state index contributed by atoms with van der Waals surface area (Å²) in [5.74, 6) is 0. The van der Waals surface area contributed by atoms with Crippen molar-refractivity contribution in [2.45, 2.75) is 0 Å². The van der Waals surface area contributed by atoms with Gasteiger partial charge >= 0.3 is 0 Å². The van der Waals surface area contributed by atoms with Crippen LogP contribution in [-0.2, 0) is 0 Å². The molecule has 0 saturated carbocycles. The number of thiazole rings is 2. The van der Waals surface area contributed by atoms with Crippen molar-refractivity contribution in [3.05, 3.63) is 25.3 Å². The Morgan fingerprint density at radius 1 is 0.667 bits per heavy atom.